The lowest BCUT2D eigenvalue weighted by Gasteiger charge is -2.33. The molecule has 0 N–H and O–H groups in total. The highest BCUT2D eigenvalue weighted by atomic mass is 16.4. The molecule has 1 aromatic rings. The molecule has 1 aromatic carbocycles. The van der Waals surface area contributed by atoms with Crippen molar-refractivity contribution in [2.24, 2.45) is 5.92 Å². The first-order valence-corrected chi connectivity index (χ1v) is 5.73. The molecule has 1 fully saturated rings. The zero-order chi connectivity index (χ0) is 12.3. The number of likely N-dealkylation sites (tertiary alicyclic amines) is 1. The predicted molar refractivity (Wildman–Crippen MR) is 60.1 cm³/mol. The number of aliphatic carboxylic acids is 1. The van der Waals surface area contributed by atoms with Crippen molar-refractivity contribution in [3.63, 3.8) is 0 Å². The number of rotatable bonds is 2. The highest BCUT2D eigenvalue weighted by Gasteiger charge is 2.24. The van der Waals surface area contributed by atoms with Crippen LogP contribution in [0.4, 0.5) is 0 Å². The molecule has 1 aliphatic heterocycles. The lowest BCUT2D eigenvalue weighted by Crippen LogP contribution is -2.46. The molecule has 1 heterocycles. The molecule has 1 saturated heterocycles. The second kappa shape index (κ2) is 4.99. The van der Waals surface area contributed by atoms with Crippen LogP contribution in [-0.4, -0.2) is 29.9 Å². The zero-order valence-corrected chi connectivity index (χ0v) is 9.46. The first kappa shape index (κ1) is 11.6. The maximum atomic E-state index is 12.1. The Hall–Kier alpha value is -1.84. The van der Waals surface area contributed by atoms with Crippen molar-refractivity contribution < 1.29 is 14.7 Å². The smallest absolute Gasteiger partial charge is 0.253 e. The molecular weight excluding hydrogens is 218 g/mol. The van der Waals surface area contributed by atoms with Gasteiger partial charge in [-0.3, -0.25) is 4.79 Å². The summed E-state index contributed by atoms with van der Waals surface area (Å²) in [4.78, 5) is 24.5. The molecule has 0 saturated carbocycles. The largest absolute Gasteiger partial charge is 0.550 e. The van der Waals surface area contributed by atoms with Gasteiger partial charge in [0.2, 0.25) is 0 Å². The number of carbonyl (C=O) groups is 2. The van der Waals surface area contributed by atoms with Gasteiger partial charge in [-0.2, -0.15) is 0 Å². The van der Waals surface area contributed by atoms with Crippen LogP contribution in [0.2, 0.25) is 0 Å². The van der Waals surface area contributed by atoms with Gasteiger partial charge in [0.25, 0.3) is 5.91 Å². The van der Waals surface area contributed by atoms with Crippen molar-refractivity contribution in [2.45, 2.75) is 12.8 Å². The fourth-order valence-corrected chi connectivity index (χ4v) is 2.12. The van der Waals surface area contributed by atoms with Crippen molar-refractivity contribution in [3.05, 3.63) is 35.9 Å². The Morgan fingerprint density at radius 2 is 1.94 bits per heavy atom. The number of piperidine rings is 1. The topological polar surface area (TPSA) is 60.4 Å². The van der Waals surface area contributed by atoms with Gasteiger partial charge in [0.1, 0.15) is 0 Å². The number of hydrogen-bond donors (Lipinski definition) is 0. The maximum absolute atomic E-state index is 12.1. The van der Waals surface area contributed by atoms with E-state index in [1.165, 1.54) is 0 Å². The number of carbonyl (C=O) groups excluding carboxylic acids is 2. The first-order valence-electron chi connectivity index (χ1n) is 5.73. The lowest BCUT2D eigenvalue weighted by molar-refractivity contribution is -0.312. The minimum absolute atomic E-state index is 0.100. The minimum atomic E-state index is -1.06. The van der Waals surface area contributed by atoms with Crippen LogP contribution in [0.15, 0.2) is 30.3 Å². The van der Waals surface area contributed by atoms with Crippen molar-refractivity contribution in [1.29, 1.82) is 0 Å². The monoisotopic (exact) mass is 232 g/mol. The van der Waals surface area contributed by atoms with Crippen molar-refractivity contribution in [3.8, 4) is 0 Å². The van der Waals surface area contributed by atoms with Crippen LogP contribution < -0.4 is 5.11 Å². The number of hydrogen-bond acceptors (Lipinski definition) is 3. The fourth-order valence-electron chi connectivity index (χ4n) is 2.12. The summed E-state index contributed by atoms with van der Waals surface area (Å²) >= 11 is 0. The summed E-state index contributed by atoms with van der Waals surface area (Å²) in [5.74, 6) is -1.69. The lowest BCUT2D eigenvalue weighted by atomic mass is 9.97. The van der Waals surface area contributed by atoms with Gasteiger partial charge in [-0.1, -0.05) is 18.2 Å². The van der Waals surface area contributed by atoms with Gasteiger partial charge in [-0.05, 0) is 25.0 Å². The molecule has 0 aromatic heterocycles. The van der Waals surface area contributed by atoms with Crippen LogP contribution >= 0.6 is 0 Å². The molecule has 4 nitrogen and oxygen atoms in total. The van der Waals surface area contributed by atoms with Gasteiger partial charge in [0.15, 0.2) is 0 Å². The summed E-state index contributed by atoms with van der Waals surface area (Å²) in [7, 11) is 0. The third kappa shape index (κ3) is 2.64. The van der Waals surface area contributed by atoms with Crippen LogP contribution in [0.1, 0.15) is 23.2 Å². The standard InChI is InChI=1S/C13H15NO3/c15-12(10-5-2-1-3-6-10)14-8-4-7-11(9-14)13(16)17/h1-3,5-6,11H,4,7-9H2,(H,16,17)/p-1. The van der Waals surface area contributed by atoms with Crippen LogP contribution in [0, 0.1) is 5.92 Å². The third-order valence-electron chi connectivity index (χ3n) is 3.06. The Bertz CT molecular complexity index is 416. The van der Waals surface area contributed by atoms with E-state index in [1.807, 2.05) is 6.07 Å². The Balaban J connectivity index is 2.07. The molecule has 0 spiro atoms. The molecular formula is C13H14NO3-. The molecule has 90 valence electrons. The van der Waals surface area contributed by atoms with E-state index in [4.69, 9.17) is 0 Å². The average Bonchev–Trinajstić information content (AvgIpc) is 2.39. The second-order valence-corrected chi connectivity index (χ2v) is 4.28. The SMILES string of the molecule is O=C([O-])C1CCCN(C(=O)c2ccccc2)C1. The van der Waals surface area contributed by atoms with Crippen molar-refractivity contribution in [1.82, 2.24) is 4.90 Å². The summed E-state index contributed by atoms with van der Waals surface area (Å²) in [5.41, 5.74) is 0.603. The fraction of sp³-hybridized carbons (Fsp3) is 0.385. The van der Waals surface area contributed by atoms with E-state index in [1.54, 1.807) is 29.2 Å². The predicted octanol–water partition coefficient (Wildman–Crippen LogP) is 0.289. The first-order chi connectivity index (χ1) is 8.18. The zero-order valence-electron chi connectivity index (χ0n) is 9.46. The van der Waals surface area contributed by atoms with E-state index in [-0.39, 0.29) is 12.5 Å². The molecule has 0 radical (unpaired) electrons. The van der Waals surface area contributed by atoms with Crippen molar-refractivity contribution >= 4 is 11.9 Å². The van der Waals surface area contributed by atoms with Gasteiger partial charge < -0.3 is 14.8 Å². The van der Waals surface area contributed by atoms with Crippen LogP contribution in [0.3, 0.4) is 0 Å². The quantitative estimate of drug-likeness (QED) is 0.736. The van der Waals surface area contributed by atoms with E-state index >= 15 is 0 Å². The number of carboxylic acid groups (broad SMARTS) is 1. The highest BCUT2D eigenvalue weighted by molar-refractivity contribution is 5.94. The minimum Gasteiger partial charge on any atom is -0.550 e. The van der Waals surface area contributed by atoms with Gasteiger partial charge >= 0.3 is 0 Å². The molecule has 0 bridgehead atoms. The molecule has 4 heteroatoms. The summed E-state index contributed by atoms with van der Waals surface area (Å²) in [6.07, 6.45) is 1.32. The van der Waals surface area contributed by atoms with Gasteiger partial charge in [0.05, 0.1) is 0 Å². The Morgan fingerprint density at radius 1 is 1.24 bits per heavy atom. The molecule has 0 aliphatic carbocycles. The number of carboxylic acids is 1. The summed E-state index contributed by atoms with van der Waals surface area (Å²) in [6, 6.07) is 8.92. The van der Waals surface area contributed by atoms with E-state index in [0.29, 0.717) is 18.5 Å². The Kier molecular flexibility index (Phi) is 3.42. The molecule has 1 unspecified atom stereocenters. The number of amides is 1. The van der Waals surface area contributed by atoms with Crippen LogP contribution in [0.25, 0.3) is 0 Å². The van der Waals surface area contributed by atoms with Crippen molar-refractivity contribution in [2.75, 3.05) is 13.1 Å². The summed E-state index contributed by atoms with van der Waals surface area (Å²) < 4.78 is 0. The van der Waals surface area contributed by atoms with E-state index in [2.05, 4.69) is 0 Å². The highest BCUT2D eigenvalue weighted by Crippen LogP contribution is 2.18. The number of nitrogens with zero attached hydrogens (tertiary/aromatic N) is 1. The van der Waals surface area contributed by atoms with Gasteiger partial charge in [-0.15, -0.1) is 0 Å². The Morgan fingerprint density at radius 3 is 2.59 bits per heavy atom. The molecule has 1 aliphatic rings. The van der Waals surface area contributed by atoms with Crippen LogP contribution in [0.5, 0.6) is 0 Å². The normalized spacial score (nSPS) is 20.0. The second-order valence-electron chi connectivity index (χ2n) is 4.28. The third-order valence-corrected chi connectivity index (χ3v) is 3.06. The molecule has 17 heavy (non-hydrogen) atoms. The maximum Gasteiger partial charge on any atom is 0.253 e. The number of benzene rings is 1. The molecule has 1 atom stereocenters. The van der Waals surface area contributed by atoms with E-state index < -0.39 is 11.9 Å². The van der Waals surface area contributed by atoms with E-state index in [9.17, 15) is 14.7 Å². The van der Waals surface area contributed by atoms with Gasteiger partial charge in [0, 0.05) is 30.5 Å². The summed E-state index contributed by atoms with van der Waals surface area (Å²) in [5, 5.41) is 10.8. The van der Waals surface area contributed by atoms with Crippen LogP contribution in [-0.2, 0) is 4.79 Å². The Labute approximate surface area is 99.9 Å². The average molecular weight is 232 g/mol. The summed E-state index contributed by atoms with van der Waals surface area (Å²) in [6.45, 7) is 0.883. The molecule has 1 amide bonds. The van der Waals surface area contributed by atoms with E-state index in [0.717, 1.165) is 6.42 Å². The molecule has 2 rings (SSSR count). The van der Waals surface area contributed by atoms with Gasteiger partial charge in [-0.25, -0.2) is 0 Å².